The van der Waals surface area contributed by atoms with Gasteiger partial charge < -0.3 is 4.74 Å². The van der Waals surface area contributed by atoms with Gasteiger partial charge in [-0.05, 0) is 38.0 Å². The summed E-state index contributed by atoms with van der Waals surface area (Å²) in [6.07, 6.45) is 0.809. The van der Waals surface area contributed by atoms with Gasteiger partial charge in [-0.25, -0.2) is 17.5 Å². The first-order valence-electron chi connectivity index (χ1n) is 7.64. The topological polar surface area (TPSA) is 66.9 Å². The number of hydrogen-bond acceptors (Lipinski definition) is 4. The lowest BCUT2D eigenvalue weighted by Gasteiger charge is -2.39. The van der Waals surface area contributed by atoms with Crippen LogP contribution in [-0.4, -0.2) is 43.7 Å². The van der Waals surface area contributed by atoms with Crippen molar-refractivity contribution in [3.05, 3.63) is 28.8 Å². The van der Waals surface area contributed by atoms with Crippen molar-refractivity contribution >= 4 is 33.4 Å². The molecule has 8 heteroatoms. The van der Waals surface area contributed by atoms with Gasteiger partial charge in [0.05, 0.1) is 11.4 Å². The van der Waals surface area contributed by atoms with Crippen LogP contribution in [0.15, 0.2) is 18.2 Å². The summed E-state index contributed by atoms with van der Waals surface area (Å²) < 4.78 is 30.6. The van der Waals surface area contributed by atoms with Gasteiger partial charge in [0.1, 0.15) is 6.61 Å². The van der Waals surface area contributed by atoms with Gasteiger partial charge in [-0.2, -0.15) is 0 Å². The minimum Gasteiger partial charge on any atom is -0.444 e. The highest BCUT2D eigenvalue weighted by Gasteiger charge is 2.36. The second-order valence-corrected chi connectivity index (χ2v) is 8.42. The fourth-order valence-electron chi connectivity index (χ4n) is 3.12. The van der Waals surface area contributed by atoms with Gasteiger partial charge in [-0.15, -0.1) is 0 Å². The maximum absolute atomic E-state index is 12.2. The van der Waals surface area contributed by atoms with Crippen LogP contribution >= 0.6 is 11.6 Å². The standard InChI is InChI=1S/C15H19ClN2O4S/c1-2-23(20,21)17-7-5-13(6-8-17)18-14-4-3-12(16)9-11(14)10-22-15(18)19/h3-4,9,13H,2,5-8,10H2,1H3. The lowest BCUT2D eigenvalue weighted by atomic mass is 10.0. The van der Waals surface area contributed by atoms with Crippen LogP contribution in [-0.2, 0) is 21.4 Å². The van der Waals surface area contributed by atoms with Crippen LogP contribution in [0, 0.1) is 0 Å². The number of halogens is 1. The molecule has 0 aromatic heterocycles. The maximum atomic E-state index is 12.2. The van der Waals surface area contributed by atoms with E-state index in [9.17, 15) is 13.2 Å². The number of cyclic esters (lactones) is 1. The van der Waals surface area contributed by atoms with E-state index in [0.717, 1.165) is 11.3 Å². The summed E-state index contributed by atoms with van der Waals surface area (Å²) >= 11 is 6.00. The molecule has 0 spiro atoms. The summed E-state index contributed by atoms with van der Waals surface area (Å²) in [6.45, 7) is 2.71. The molecule has 0 N–H and O–H groups in total. The Hall–Kier alpha value is -1.31. The Labute approximate surface area is 141 Å². The van der Waals surface area contributed by atoms with Crippen LogP contribution in [0.1, 0.15) is 25.3 Å². The number of benzene rings is 1. The number of fused-ring (bicyclic) bond motifs is 1. The van der Waals surface area contributed by atoms with Gasteiger partial charge in [0.25, 0.3) is 0 Å². The van der Waals surface area contributed by atoms with Crippen LogP contribution < -0.4 is 4.90 Å². The first-order chi connectivity index (χ1) is 10.9. The highest BCUT2D eigenvalue weighted by molar-refractivity contribution is 7.89. The molecule has 2 aliphatic heterocycles. The number of rotatable bonds is 3. The lowest BCUT2D eigenvalue weighted by molar-refractivity contribution is 0.136. The Morgan fingerprint density at radius 1 is 1.30 bits per heavy atom. The van der Waals surface area contributed by atoms with Gasteiger partial charge in [-0.1, -0.05) is 11.6 Å². The number of anilines is 1. The average molecular weight is 359 g/mol. The smallest absolute Gasteiger partial charge is 0.414 e. The maximum Gasteiger partial charge on any atom is 0.414 e. The van der Waals surface area contributed by atoms with E-state index in [1.54, 1.807) is 24.0 Å². The summed E-state index contributed by atoms with van der Waals surface area (Å²) in [5, 5.41) is 0.602. The highest BCUT2D eigenvalue weighted by Crippen LogP contribution is 2.33. The quantitative estimate of drug-likeness (QED) is 0.833. The molecule has 1 fully saturated rings. The Kier molecular flexibility index (Phi) is 4.53. The normalized spacial score (nSPS) is 20.3. The van der Waals surface area contributed by atoms with Crippen LogP contribution in [0.4, 0.5) is 10.5 Å². The third-order valence-corrected chi connectivity index (χ3v) is 6.51. The van der Waals surface area contributed by atoms with Crippen molar-refractivity contribution in [2.24, 2.45) is 0 Å². The molecule has 0 bridgehead atoms. The Morgan fingerprint density at radius 2 is 2.00 bits per heavy atom. The highest BCUT2D eigenvalue weighted by atomic mass is 35.5. The third-order valence-electron chi connectivity index (χ3n) is 4.40. The Balaban J connectivity index is 1.80. The summed E-state index contributed by atoms with van der Waals surface area (Å²) in [5.41, 5.74) is 1.68. The largest absolute Gasteiger partial charge is 0.444 e. The fraction of sp³-hybridized carbons (Fsp3) is 0.533. The van der Waals surface area contributed by atoms with Crippen molar-refractivity contribution in [2.45, 2.75) is 32.4 Å². The number of carbonyl (C=O) groups is 1. The van der Waals surface area contributed by atoms with E-state index in [2.05, 4.69) is 0 Å². The lowest BCUT2D eigenvalue weighted by Crippen LogP contribution is -2.50. The van der Waals surface area contributed by atoms with E-state index >= 15 is 0 Å². The SMILES string of the molecule is CCS(=O)(=O)N1CCC(N2C(=O)OCc3cc(Cl)ccc32)CC1. The summed E-state index contributed by atoms with van der Waals surface area (Å²) in [7, 11) is -3.17. The van der Waals surface area contributed by atoms with Crippen molar-refractivity contribution in [2.75, 3.05) is 23.7 Å². The molecule has 126 valence electrons. The zero-order valence-corrected chi connectivity index (χ0v) is 14.4. The number of sulfonamides is 1. The molecule has 1 saturated heterocycles. The second kappa shape index (κ2) is 6.30. The molecule has 3 rings (SSSR count). The molecule has 1 aromatic rings. The van der Waals surface area contributed by atoms with Crippen molar-refractivity contribution in [3.8, 4) is 0 Å². The summed E-state index contributed by atoms with van der Waals surface area (Å²) in [4.78, 5) is 13.9. The minimum absolute atomic E-state index is 0.0639. The van der Waals surface area contributed by atoms with E-state index in [-0.39, 0.29) is 24.5 Å². The third kappa shape index (κ3) is 3.18. The monoisotopic (exact) mass is 358 g/mol. The van der Waals surface area contributed by atoms with Crippen LogP contribution in [0.25, 0.3) is 0 Å². The zero-order chi connectivity index (χ0) is 16.6. The molecule has 0 atom stereocenters. The molecule has 0 saturated carbocycles. The summed E-state index contributed by atoms with van der Waals surface area (Å²) in [6, 6.07) is 5.31. The first-order valence-corrected chi connectivity index (χ1v) is 9.63. The van der Waals surface area contributed by atoms with Gasteiger partial charge in [0.2, 0.25) is 10.0 Å². The van der Waals surface area contributed by atoms with Crippen molar-refractivity contribution < 1.29 is 17.9 Å². The molecule has 0 aliphatic carbocycles. The molecule has 2 heterocycles. The Morgan fingerprint density at radius 3 is 2.65 bits per heavy atom. The molecule has 2 aliphatic rings. The number of nitrogens with zero attached hydrogens (tertiary/aromatic N) is 2. The van der Waals surface area contributed by atoms with E-state index in [4.69, 9.17) is 16.3 Å². The fourth-order valence-corrected chi connectivity index (χ4v) is 4.45. The van der Waals surface area contributed by atoms with Gasteiger partial charge in [0.15, 0.2) is 0 Å². The molecule has 6 nitrogen and oxygen atoms in total. The van der Waals surface area contributed by atoms with E-state index < -0.39 is 10.0 Å². The van der Waals surface area contributed by atoms with Gasteiger partial charge in [-0.3, -0.25) is 4.90 Å². The molecule has 0 unspecified atom stereocenters. The van der Waals surface area contributed by atoms with Crippen LogP contribution in [0.2, 0.25) is 5.02 Å². The number of carbonyl (C=O) groups excluding carboxylic acids is 1. The number of amides is 1. The molecule has 23 heavy (non-hydrogen) atoms. The minimum atomic E-state index is -3.17. The molecule has 1 aromatic carbocycles. The Bertz CT molecular complexity index is 714. The predicted molar refractivity (Wildman–Crippen MR) is 88.2 cm³/mol. The number of hydrogen-bond donors (Lipinski definition) is 0. The number of ether oxygens (including phenoxy) is 1. The van der Waals surface area contributed by atoms with Crippen molar-refractivity contribution in [1.82, 2.24) is 4.31 Å². The van der Waals surface area contributed by atoms with Gasteiger partial charge >= 0.3 is 6.09 Å². The first kappa shape index (κ1) is 16.5. The summed E-state index contributed by atoms with van der Waals surface area (Å²) in [5.74, 6) is 0.102. The zero-order valence-electron chi connectivity index (χ0n) is 12.9. The predicted octanol–water partition coefficient (Wildman–Crippen LogP) is 2.61. The molecular formula is C15H19ClN2O4S. The second-order valence-electron chi connectivity index (χ2n) is 5.73. The molecule has 0 radical (unpaired) electrons. The average Bonchev–Trinajstić information content (AvgIpc) is 2.55. The van der Waals surface area contributed by atoms with Crippen LogP contribution in [0.3, 0.4) is 0 Å². The van der Waals surface area contributed by atoms with E-state index in [1.807, 2.05) is 6.07 Å². The number of piperidine rings is 1. The van der Waals surface area contributed by atoms with Crippen molar-refractivity contribution in [3.63, 3.8) is 0 Å². The van der Waals surface area contributed by atoms with E-state index in [1.165, 1.54) is 4.31 Å². The molecular weight excluding hydrogens is 340 g/mol. The van der Waals surface area contributed by atoms with E-state index in [0.29, 0.717) is 31.0 Å². The van der Waals surface area contributed by atoms with Crippen LogP contribution in [0.5, 0.6) is 0 Å². The van der Waals surface area contributed by atoms with Gasteiger partial charge in [0, 0.05) is 29.7 Å². The molecule has 1 amide bonds. The van der Waals surface area contributed by atoms with Crippen molar-refractivity contribution in [1.29, 1.82) is 0 Å².